The summed E-state index contributed by atoms with van der Waals surface area (Å²) in [7, 11) is 0. The molecule has 5 heteroatoms. The first kappa shape index (κ1) is 20.9. The van der Waals surface area contributed by atoms with Crippen LogP contribution in [0.1, 0.15) is 33.1 Å². The fourth-order valence-corrected chi connectivity index (χ4v) is 5.55. The lowest BCUT2D eigenvalue weighted by atomic mass is 9.96. The second-order valence-electron chi connectivity index (χ2n) is 9.18. The molecule has 2 aliphatic heterocycles. The van der Waals surface area contributed by atoms with Gasteiger partial charge in [0.15, 0.2) is 0 Å². The summed E-state index contributed by atoms with van der Waals surface area (Å²) in [6.45, 7) is 3.54. The first-order chi connectivity index (χ1) is 16.7. The lowest BCUT2D eigenvalue weighted by Gasteiger charge is -2.39. The van der Waals surface area contributed by atoms with Gasteiger partial charge in [-0.15, -0.1) is 0 Å². The van der Waals surface area contributed by atoms with Crippen LogP contribution in [0, 0.1) is 0 Å². The molecule has 4 aromatic rings. The fourth-order valence-electron chi connectivity index (χ4n) is 5.55. The Hall–Kier alpha value is -3.70. The molecule has 3 aromatic carbocycles. The second-order valence-corrected chi connectivity index (χ2v) is 9.18. The maximum atomic E-state index is 13.5. The molecule has 1 fully saturated rings. The van der Waals surface area contributed by atoms with E-state index in [9.17, 15) is 9.59 Å². The van der Waals surface area contributed by atoms with Crippen molar-refractivity contribution in [1.29, 1.82) is 0 Å². The Morgan fingerprint density at radius 2 is 1.38 bits per heavy atom. The van der Waals surface area contributed by atoms with Gasteiger partial charge in [-0.1, -0.05) is 72.8 Å². The normalized spacial score (nSPS) is 15.9. The minimum atomic E-state index is -0.149. The summed E-state index contributed by atoms with van der Waals surface area (Å²) < 4.78 is 2.08. The molecule has 0 aliphatic carbocycles. The highest BCUT2D eigenvalue weighted by Crippen LogP contribution is 2.30. The number of piperazine rings is 1. The van der Waals surface area contributed by atoms with Gasteiger partial charge in [0.2, 0.25) is 5.43 Å². The molecule has 34 heavy (non-hydrogen) atoms. The summed E-state index contributed by atoms with van der Waals surface area (Å²) in [4.78, 5) is 31.0. The van der Waals surface area contributed by atoms with Crippen molar-refractivity contribution in [2.75, 3.05) is 26.2 Å². The molecule has 2 aliphatic rings. The van der Waals surface area contributed by atoms with Crippen molar-refractivity contribution in [2.24, 2.45) is 0 Å². The molecule has 6 rings (SSSR count). The van der Waals surface area contributed by atoms with Crippen LogP contribution in [-0.2, 0) is 13.0 Å². The molecule has 3 heterocycles. The Morgan fingerprint density at radius 1 is 0.735 bits per heavy atom. The number of para-hydroxylation sites is 1. The van der Waals surface area contributed by atoms with Gasteiger partial charge in [-0.05, 0) is 29.2 Å². The summed E-state index contributed by atoms with van der Waals surface area (Å²) in [5, 5.41) is 0.660. The van der Waals surface area contributed by atoms with Crippen LogP contribution in [0.3, 0.4) is 0 Å². The molecule has 1 amide bonds. The number of benzene rings is 3. The third kappa shape index (κ3) is 3.53. The Bertz CT molecular complexity index is 1360. The molecular weight excluding hydrogens is 422 g/mol. The number of amides is 1. The van der Waals surface area contributed by atoms with E-state index in [-0.39, 0.29) is 17.4 Å². The van der Waals surface area contributed by atoms with Crippen molar-refractivity contribution >= 4 is 16.8 Å². The lowest BCUT2D eigenvalue weighted by Crippen LogP contribution is -2.50. The van der Waals surface area contributed by atoms with Crippen LogP contribution in [0.2, 0.25) is 0 Å². The van der Waals surface area contributed by atoms with Gasteiger partial charge in [0.25, 0.3) is 5.91 Å². The van der Waals surface area contributed by atoms with Crippen LogP contribution in [-0.4, -0.2) is 46.5 Å². The van der Waals surface area contributed by atoms with Gasteiger partial charge < -0.3 is 9.47 Å². The molecule has 1 saturated heterocycles. The lowest BCUT2D eigenvalue weighted by molar-refractivity contribution is 0.0595. The van der Waals surface area contributed by atoms with Crippen LogP contribution in [0.25, 0.3) is 10.9 Å². The van der Waals surface area contributed by atoms with E-state index in [1.54, 1.807) is 6.20 Å². The number of carbonyl (C=O) groups excluding carboxylic acids is 1. The first-order valence-electron chi connectivity index (χ1n) is 12.0. The molecular formula is C29H27N3O2. The van der Waals surface area contributed by atoms with Gasteiger partial charge in [-0.3, -0.25) is 14.5 Å². The van der Waals surface area contributed by atoms with Crippen molar-refractivity contribution in [3.8, 4) is 0 Å². The number of hydrogen-bond acceptors (Lipinski definition) is 3. The SMILES string of the molecule is O=C(c1cn2c3c(cccc3c1=O)CC2)N1CCN(C(c2ccccc2)c2ccccc2)CC1. The smallest absolute Gasteiger partial charge is 0.259 e. The van der Waals surface area contributed by atoms with E-state index >= 15 is 0 Å². The molecule has 0 N–H and O–H groups in total. The average molecular weight is 450 g/mol. The van der Waals surface area contributed by atoms with E-state index in [0.717, 1.165) is 31.6 Å². The molecule has 0 atom stereocenters. The Labute approximate surface area is 198 Å². The Kier molecular flexibility index (Phi) is 5.27. The minimum absolute atomic E-state index is 0.144. The molecule has 170 valence electrons. The summed E-state index contributed by atoms with van der Waals surface area (Å²) >= 11 is 0. The summed E-state index contributed by atoms with van der Waals surface area (Å²) in [5.74, 6) is -0.149. The van der Waals surface area contributed by atoms with E-state index < -0.39 is 0 Å². The van der Waals surface area contributed by atoms with Crippen LogP contribution in [0.4, 0.5) is 0 Å². The number of rotatable bonds is 4. The van der Waals surface area contributed by atoms with E-state index in [1.165, 1.54) is 16.7 Å². The number of carbonyl (C=O) groups is 1. The Balaban J connectivity index is 1.25. The number of nitrogens with zero attached hydrogens (tertiary/aromatic N) is 3. The van der Waals surface area contributed by atoms with Crippen molar-refractivity contribution in [2.45, 2.75) is 19.0 Å². The molecule has 5 nitrogen and oxygen atoms in total. The van der Waals surface area contributed by atoms with Crippen LogP contribution in [0.5, 0.6) is 0 Å². The zero-order valence-corrected chi connectivity index (χ0v) is 19.1. The predicted octanol–water partition coefficient (Wildman–Crippen LogP) is 4.11. The largest absolute Gasteiger partial charge is 0.346 e. The maximum Gasteiger partial charge on any atom is 0.259 e. The predicted molar refractivity (Wildman–Crippen MR) is 134 cm³/mol. The van der Waals surface area contributed by atoms with Gasteiger partial charge >= 0.3 is 0 Å². The van der Waals surface area contributed by atoms with E-state index in [0.29, 0.717) is 24.0 Å². The van der Waals surface area contributed by atoms with Crippen molar-refractivity contribution < 1.29 is 4.79 Å². The van der Waals surface area contributed by atoms with Crippen LogP contribution >= 0.6 is 0 Å². The third-order valence-corrected chi connectivity index (χ3v) is 7.23. The second kappa shape index (κ2) is 8.58. The topological polar surface area (TPSA) is 45.6 Å². The van der Waals surface area contributed by atoms with Crippen molar-refractivity contribution in [3.05, 3.63) is 118 Å². The van der Waals surface area contributed by atoms with E-state index in [2.05, 4.69) is 64.1 Å². The molecule has 0 saturated carbocycles. The Morgan fingerprint density at radius 3 is 2.03 bits per heavy atom. The van der Waals surface area contributed by atoms with E-state index in [4.69, 9.17) is 0 Å². The summed E-state index contributed by atoms with van der Waals surface area (Å²) in [6, 6.07) is 27.1. The molecule has 1 aromatic heterocycles. The molecule has 0 radical (unpaired) electrons. The fraction of sp³-hybridized carbons (Fsp3) is 0.241. The average Bonchev–Trinajstić information content (AvgIpc) is 3.31. The monoisotopic (exact) mass is 449 g/mol. The van der Waals surface area contributed by atoms with Crippen LogP contribution in [0.15, 0.2) is 89.9 Å². The van der Waals surface area contributed by atoms with E-state index in [1.807, 2.05) is 29.2 Å². The maximum absolute atomic E-state index is 13.5. The number of hydrogen-bond donors (Lipinski definition) is 0. The highest BCUT2D eigenvalue weighted by atomic mass is 16.2. The highest BCUT2D eigenvalue weighted by Gasteiger charge is 2.30. The summed E-state index contributed by atoms with van der Waals surface area (Å²) in [6.07, 6.45) is 2.69. The third-order valence-electron chi connectivity index (χ3n) is 7.23. The zero-order chi connectivity index (χ0) is 23.1. The quantitative estimate of drug-likeness (QED) is 0.471. The van der Waals surface area contributed by atoms with Gasteiger partial charge in [0, 0.05) is 44.3 Å². The number of aromatic nitrogens is 1. The number of aryl methyl sites for hydroxylation is 2. The molecule has 0 spiro atoms. The van der Waals surface area contributed by atoms with Gasteiger partial charge in [0.1, 0.15) is 5.56 Å². The molecule has 0 bridgehead atoms. The number of pyridine rings is 1. The first-order valence-corrected chi connectivity index (χ1v) is 12.0. The van der Waals surface area contributed by atoms with Gasteiger partial charge in [-0.25, -0.2) is 0 Å². The summed E-state index contributed by atoms with van der Waals surface area (Å²) in [5.41, 5.74) is 4.83. The minimum Gasteiger partial charge on any atom is -0.346 e. The van der Waals surface area contributed by atoms with Gasteiger partial charge in [0.05, 0.1) is 11.6 Å². The molecule has 0 unspecified atom stereocenters. The standard InChI is InChI=1S/C29H27N3O2/c33-28-24-13-7-12-23-14-15-32(27(23)24)20-25(28)29(34)31-18-16-30(17-19-31)26(21-8-3-1-4-9-21)22-10-5-2-6-11-22/h1-13,20,26H,14-19H2. The van der Waals surface area contributed by atoms with Crippen LogP contribution < -0.4 is 5.43 Å². The van der Waals surface area contributed by atoms with Crippen molar-refractivity contribution in [1.82, 2.24) is 14.4 Å². The van der Waals surface area contributed by atoms with Crippen molar-refractivity contribution in [3.63, 3.8) is 0 Å². The highest BCUT2D eigenvalue weighted by molar-refractivity contribution is 5.98. The zero-order valence-electron chi connectivity index (χ0n) is 19.1. The van der Waals surface area contributed by atoms with Gasteiger partial charge in [-0.2, -0.15) is 0 Å².